The molecular formula is C37H48ClN3O7S. The topological polar surface area (TPSA) is 107 Å². The Morgan fingerprint density at radius 3 is 2.73 bits per heavy atom. The average molecular weight is 714 g/mol. The van der Waals surface area contributed by atoms with Crippen LogP contribution in [0.1, 0.15) is 50.7 Å². The largest absolute Gasteiger partial charge is 0.490 e. The molecule has 1 saturated heterocycles. The lowest BCUT2D eigenvalue weighted by atomic mass is 9.68. The van der Waals surface area contributed by atoms with E-state index in [1.807, 2.05) is 12.1 Å². The number of carbonyl (C=O) groups is 1. The Hall–Kier alpha value is -2.67. The highest BCUT2D eigenvalue weighted by molar-refractivity contribution is 7.90. The Balaban J connectivity index is 1.24. The molecule has 1 N–H and O–H groups in total. The van der Waals surface area contributed by atoms with Gasteiger partial charge in [0.1, 0.15) is 11.4 Å². The smallest absolute Gasteiger partial charge is 0.265 e. The molecule has 12 heteroatoms. The molecule has 266 valence electrons. The number of ether oxygens (including phenoxy) is 4. The highest BCUT2D eigenvalue weighted by Gasteiger charge is 2.45. The zero-order chi connectivity index (χ0) is 34.2. The molecule has 1 amide bonds. The van der Waals surface area contributed by atoms with Gasteiger partial charge in [-0.15, -0.1) is 0 Å². The molecule has 4 atom stereocenters. The number of amides is 1. The summed E-state index contributed by atoms with van der Waals surface area (Å²) in [5.41, 5.74) is 1.55. The number of sulfonamides is 1. The van der Waals surface area contributed by atoms with Crippen LogP contribution in [0.2, 0.25) is 5.02 Å². The first-order valence-electron chi connectivity index (χ1n) is 17.6. The van der Waals surface area contributed by atoms with Crippen molar-refractivity contribution in [2.45, 2.75) is 68.0 Å². The predicted molar refractivity (Wildman–Crippen MR) is 188 cm³/mol. The van der Waals surface area contributed by atoms with E-state index in [-0.39, 0.29) is 28.9 Å². The summed E-state index contributed by atoms with van der Waals surface area (Å²) in [6, 6.07) is 11.1. The van der Waals surface area contributed by atoms with Crippen LogP contribution in [0.5, 0.6) is 5.75 Å². The SMILES string of the molecule is CC1(C)OC/C=C\[C@@H](OCCN2CCOCC2)[C@@H]2CC[C@H]2CN2C[C@@]3(CCCc4cc(Cl)ccc43)COc3ccc(cc32)S(=O)(=O)NC1=O. The second-order valence-electron chi connectivity index (χ2n) is 14.7. The van der Waals surface area contributed by atoms with Crippen LogP contribution in [0.15, 0.2) is 53.4 Å². The lowest BCUT2D eigenvalue weighted by molar-refractivity contribution is -0.139. The van der Waals surface area contributed by atoms with Crippen molar-refractivity contribution in [1.82, 2.24) is 9.62 Å². The van der Waals surface area contributed by atoms with Gasteiger partial charge in [0.25, 0.3) is 15.9 Å². The number of aryl methyl sites for hydroxylation is 1. The van der Waals surface area contributed by atoms with Gasteiger partial charge in [0, 0.05) is 43.2 Å². The highest BCUT2D eigenvalue weighted by Crippen LogP contribution is 2.47. The van der Waals surface area contributed by atoms with Crippen LogP contribution >= 0.6 is 11.6 Å². The van der Waals surface area contributed by atoms with Crippen LogP contribution in [-0.4, -0.2) is 96.7 Å². The first-order chi connectivity index (χ1) is 23.5. The predicted octanol–water partition coefficient (Wildman–Crippen LogP) is 4.73. The number of nitrogens with one attached hydrogen (secondary N) is 1. The fourth-order valence-corrected chi connectivity index (χ4v) is 9.39. The molecular weight excluding hydrogens is 666 g/mol. The molecule has 3 aliphatic heterocycles. The molecule has 2 aliphatic carbocycles. The van der Waals surface area contributed by atoms with Gasteiger partial charge >= 0.3 is 0 Å². The van der Waals surface area contributed by atoms with E-state index >= 15 is 0 Å². The van der Waals surface area contributed by atoms with Gasteiger partial charge in [-0.25, -0.2) is 13.1 Å². The van der Waals surface area contributed by atoms with Crippen LogP contribution in [0.3, 0.4) is 0 Å². The van der Waals surface area contributed by atoms with Crippen molar-refractivity contribution in [3.63, 3.8) is 0 Å². The number of rotatable bonds is 4. The fourth-order valence-electron chi connectivity index (χ4n) is 8.08. The van der Waals surface area contributed by atoms with Crippen LogP contribution < -0.4 is 14.4 Å². The van der Waals surface area contributed by atoms with Crippen LogP contribution in [-0.2, 0) is 40.9 Å². The first-order valence-corrected chi connectivity index (χ1v) is 19.5. The van der Waals surface area contributed by atoms with Gasteiger partial charge in [-0.1, -0.05) is 29.8 Å². The molecule has 5 aliphatic rings. The zero-order valence-corrected chi connectivity index (χ0v) is 30.1. The fraction of sp³-hybridized carbons (Fsp3) is 0.595. The molecule has 0 radical (unpaired) electrons. The van der Waals surface area contributed by atoms with Gasteiger partial charge in [-0.2, -0.15) is 0 Å². The molecule has 2 aromatic carbocycles. The maximum absolute atomic E-state index is 13.6. The number of fused-ring (bicyclic) bond motifs is 4. The molecule has 2 fully saturated rings. The van der Waals surface area contributed by atoms with E-state index in [0.717, 1.165) is 82.2 Å². The Morgan fingerprint density at radius 2 is 1.94 bits per heavy atom. The lowest BCUT2D eigenvalue weighted by Gasteiger charge is -2.46. The van der Waals surface area contributed by atoms with E-state index in [9.17, 15) is 13.2 Å². The van der Waals surface area contributed by atoms with Gasteiger partial charge in [0.2, 0.25) is 0 Å². The summed E-state index contributed by atoms with van der Waals surface area (Å²) in [5, 5.41) is 0.731. The summed E-state index contributed by atoms with van der Waals surface area (Å²) in [5.74, 6) is 0.504. The maximum atomic E-state index is 13.6. The average Bonchev–Trinajstić information content (AvgIpc) is 3.21. The summed E-state index contributed by atoms with van der Waals surface area (Å²) in [7, 11) is -4.19. The first kappa shape index (κ1) is 34.8. The Kier molecular flexibility index (Phi) is 10.0. The summed E-state index contributed by atoms with van der Waals surface area (Å²) in [4.78, 5) is 18.0. The number of hydrogen-bond donors (Lipinski definition) is 1. The molecule has 2 bridgehead atoms. The monoisotopic (exact) mass is 713 g/mol. The van der Waals surface area contributed by atoms with Crippen molar-refractivity contribution in [2.75, 3.05) is 70.7 Å². The van der Waals surface area contributed by atoms with E-state index in [1.54, 1.807) is 26.0 Å². The minimum absolute atomic E-state index is 0.0113. The summed E-state index contributed by atoms with van der Waals surface area (Å²) in [6.07, 6.45) is 8.88. The number of nitrogens with zero attached hydrogens (tertiary/aromatic N) is 2. The summed E-state index contributed by atoms with van der Waals surface area (Å²) < 4.78 is 54.2. The van der Waals surface area contributed by atoms with E-state index in [0.29, 0.717) is 31.4 Å². The number of carbonyl (C=O) groups excluding carboxylic acids is 1. The number of anilines is 1. The molecule has 3 heterocycles. The van der Waals surface area contributed by atoms with Crippen LogP contribution in [0, 0.1) is 11.8 Å². The Labute approximate surface area is 295 Å². The third kappa shape index (κ3) is 7.39. The molecule has 10 nitrogen and oxygen atoms in total. The maximum Gasteiger partial charge on any atom is 0.265 e. The van der Waals surface area contributed by atoms with Crippen molar-refractivity contribution in [2.24, 2.45) is 11.8 Å². The van der Waals surface area contributed by atoms with Gasteiger partial charge in [0.05, 0.1) is 49.7 Å². The quantitative estimate of drug-likeness (QED) is 0.451. The third-order valence-corrected chi connectivity index (χ3v) is 12.7. The normalized spacial score (nSPS) is 30.6. The molecule has 1 saturated carbocycles. The molecule has 0 aromatic heterocycles. The summed E-state index contributed by atoms with van der Waals surface area (Å²) >= 11 is 6.45. The number of morpholine rings is 1. The van der Waals surface area contributed by atoms with E-state index < -0.39 is 21.5 Å². The minimum Gasteiger partial charge on any atom is -0.490 e. The van der Waals surface area contributed by atoms with Crippen molar-refractivity contribution in [1.29, 1.82) is 0 Å². The Bertz CT molecular complexity index is 1680. The second-order valence-corrected chi connectivity index (χ2v) is 16.8. The van der Waals surface area contributed by atoms with E-state index in [1.165, 1.54) is 17.2 Å². The van der Waals surface area contributed by atoms with Gasteiger partial charge in [0.15, 0.2) is 0 Å². The molecule has 2 aromatic rings. The van der Waals surface area contributed by atoms with E-state index in [2.05, 4.69) is 32.7 Å². The molecule has 1 spiro atoms. The lowest BCUT2D eigenvalue weighted by Crippen LogP contribution is -2.50. The highest BCUT2D eigenvalue weighted by atomic mass is 35.5. The van der Waals surface area contributed by atoms with Gasteiger partial charge in [-0.05, 0) is 99.2 Å². The van der Waals surface area contributed by atoms with Crippen molar-refractivity contribution < 1.29 is 32.2 Å². The van der Waals surface area contributed by atoms with Gasteiger partial charge in [-0.3, -0.25) is 9.69 Å². The van der Waals surface area contributed by atoms with E-state index in [4.69, 9.17) is 30.5 Å². The molecule has 49 heavy (non-hydrogen) atoms. The minimum atomic E-state index is -4.19. The zero-order valence-electron chi connectivity index (χ0n) is 28.5. The number of benzene rings is 2. The van der Waals surface area contributed by atoms with Crippen LogP contribution in [0.4, 0.5) is 5.69 Å². The van der Waals surface area contributed by atoms with Crippen LogP contribution in [0.25, 0.3) is 0 Å². The standard InChI is InChI=1S/C37H48ClN3O7S/c1-36(2)35(42)39-49(43,44)29-9-12-34-32(22-29)41(24-37(25-47-34)13-3-5-26-21-28(38)8-11-31(26)37)23-27-7-10-30(27)33(6-4-17-48-36)46-20-16-40-14-18-45-19-15-40/h4,6,8-9,11-12,21-22,27,30,33H,3,5,7,10,13-20,23-25H2,1-2H3,(H,39,42)/b6-4-/t27-,30+,33+,37-/m0/s1. The second kappa shape index (κ2) is 14.2. The van der Waals surface area contributed by atoms with Crippen molar-refractivity contribution in [3.8, 4) is 5.75 Å². The third-order valence-electron chi connectivity index (χ3n) is 11.1. The van der Waals surface area contributed by atoms with Gasteiger partial charge < -0.3 is 23.8 Å². The number of halogens is 1. The van der Waals surface area contributed by atoms with Crippen molar-refractivity contribution in [3.05, 3.63) is 64.7 Å². The number of hydrogen-bond acceptors (Lipinski definition) is 9. The van der Waals surface area contributed by atoms with Crippen molar-refractivity contribution >= 4 is 33.2 Å². The molecule has 0 unspecified atom stereocenters. The summed E-state index contributed by atoms with van der Waals surface area (Å²) in [6.45, 7) is 9.94. The Morgan fingerprint density at radius 1 is 1.10 bits per heavy atom. The molecule has 7 rings (SSSR count).